The van der Waals surface area contributed by atoms with Gasteiger partial charge < -0.3 is 5.11 Å². The molecule has 2 aromatic carbocycles. The highest BCUT2D eigenvalue weighted by atomic mass is 16.3. The largest absolute Gasteiger partial charge is 0.346 e. The molecule has 1 atom stereocenters. The van der Waals surface area contributed by atoms with Crippen molar-refractivity contribution in [3.8, 4) is 0 Å². The number of aliphatic hydroxyl groups is 1. The molecule has 2 heterocycles. The molecule has 114 valence electrons. The van der Waals surface area contributed by atoms with Crippen molar-refractivity contribution in [2.75, 3.05) is 4.90 Å². The summed E-state index contributed by atoms with van der Waals surface area (Å²) in [5, 5.41) is 11.6. The van der Waals surface area contributed by atoms with Crippen molar-refractivity contribution in [3.63, 3.8) is 0 Å². The molecule has 1 unspecified atom stereocenters. The fourth-order valence-electron chi connectivity index (χ4n) is 3.27. The second kappa shape index (κ2) is 5.21. The molecule has 0 fully saturated rings. The molecule has 0 aliphatic carbocycles. The van der Waals surface area contributed by atoms with Crippen LogP contribution < -0.4 is 9.47 Å². The second-order valence-corrected chi connectivity index (χ2v) is 6.04. The Balaban J connectivity index is 1.91. The van der Waals surface area contributed by atoms with Gasteiger partial charge in [0, 0.05) is 11.6 Å². The molecule has 0 amide bonds. The van der Waals surface area contributed by atoms with Crippen molar-refractivity contribution in [2.24, 2.45) is 0 Å². The van der Waals surface area contributed by atoms with Crippen LogP contribution in [0.1, 0.15) is 11.1 Å². The van der Waals surface area contributed by atoms with E-state index in [1.807, 2.05) is 83.9 Å². The lowest BCUT2D eigenvalue weighted by molar-refractivity contribution is -0.683. The highest BCUT2D eigenvalue weighted by Gasteiger charge is 2.52. The number of rotatable bonds is 2. The lowest BCUT2D eigenvalue weighted by atomic mass is 10.00. The Bertz CT molecular complexity index is 830. The third kappa shape index (κ3) is 2.21. The lowest BCUT2D eigenvalue weighted by Crippen LogP contribution is -2.43. The Labute approximate surface area is 136 Å². The summed E-state index contributed by atoms with van der Waals surface area (Å²) in [5.74, 6) is 0.988. The first-order chi connectivity index (χ1) is 11.2. The van der Waals surface area contributed by atoms with Crippen LogP contribution in [0, 0.1) is 6.92 Å². The van der Waals surface area contributed by atoms with Crippen molar-refractivity contribution in [1.82, 2.24) is 0 Å². The molecule has 1 aliphatic heterocycles. The Morgan fingerprint density at radius 2 is 1.61 bits per heavy atom. The van der Waals surface area contributed by atoms with Gasteiger partial charge >= 0.3 is 0 Å². The third-order valence-corrected chi connectivity index (χ3v) is 4.43. The first-order valence-corrected chi connectivity index (χ1v) is 7.82. The zero-order valence-corrected chi connectivity index (χ0v) is 13.1. The molecule has 23 heavy (non-hydrogen) atoms. The van der Waals surface area contributed by atoms with E-state index in [4.69, 9.17) is 0 Å². The van der Waals surface area contributed by atoms with Gasteiger partial charge in [-0.05, 0) is 25.1 Å². The van der Waals surface area contributed by atoms with Crippen LogP contribution >= 0.6 is 0 Å². The number of aromatic nitrogens is 1. The Kier molecular flexibility index (Phi) is 3.17. The van der Waals surface area contributed by atoms with Gasteiger partial charge in [-0.3, -0.25) is 0 Å². The van der Waals surface area contributed by atoms with E-state index in [1.165, 1.54) is 5.56 Å². The monoisotopic (exact) mass is 303 g/mol. The molecular formula is C20H19N2O+. The number of hydrogen-bond acceptors (Lipinski definition) is 2. The zero-order chi connectivity index (χ0) is 15.9. The molecule has 3 heteroatoms. The molecule has 0 bridgehead atoms. The quantitative estimate of drug-likeness (QED) is 0.736. The summed E-state index contributed by atoms with van der Waals surface area (Å²) >= 11 is 0. The zero-order valence-electron chi connectivity index (χ0n) is 13.1. The molecule has 1 aromatic heterocycles. The minimum Gasteiger partial charge on any atom is -0.346 e. The maximum atomic E-state index is 11.6. The summed E-state index contributed by atoms with van der Waals surface area (Å²) in [4.78, 5) is 2.01. The van der Waals surface area contributed by atoms with E-state index >= 15 is 0 Å². The second-order valence-electron chi connectivity index (χ2n) is 6.04. The van der Waals surface area contributed by atoms with Crippen LogP contribution in [0.15, 0.2) is 79.0 Å². The lowest BCUT2D eigenvalue weighted by Gasteiger charge is -2.27. The highest BCUT2D eigenvalue weighted by molar-refractivity contribution is 5.62. The van der Waals surface area contributed by atoms with Gasteiger partial charge in [0.05, 0.1) is 6.20 Å². The van der Waals surface area contributed by atoms with Crippen LogP contribution in [0.25, 0.3) is 0 Å². The van der Waals surface area contributed by atoms with Crippen LogP contribution in [0.4, 0.5) is 11.5 Å². The van der Waals surface area contributed by atoms with E-state index in [-0.39, 0.29) is 0 Å². The molecule has 0 saturated heterocycles. The maximum absolute atomic E-state index is 11.6. The summed E-state index contributed by atoms with van der Waals surface area (Å²) < 4.78 is 2.09. The standard InChI is InChI=1S/C20H19N2O/c1-16-10-12-17(13-11-16)20(23)15-21-14-6-5-9-19(21)22(20)18-7-3-2-4-8-18/h2-14,23H,15H2,1H3/q+1. The van der Waals surface area contributed by atoms with Gasteiger partial charge in [0.25, 0.3) is 11.5 Å². The highest BCUT2D eigenvalue weighted by Crippen LogP contribution is 2.40. The van der Waals surface area contributed by atoms with Gasteiger partial charge in [-0.25, -0.2) is 4.57 Å². The number of para-hydroxylation sites is 1. The van der Waals surface area contributed by atoms with Crippen LogP contribution in [-0.4, -0.2) is 5.11 Å². The van der Waals surface area contributed by atoms with Crippen molar-refractivity contribution in [1.29, 1.82) is 0 Å². The van der Waals surface area contributed by atoms with Crippen molar-refractivity contribution in [2.45, 2.75) is 19.2 Å². The summed E-state index contributed by atoms with van der Waals surface area (Å²) in [6.45, 7) is 2.56. The van der Waals surface area contributed by atoms with Crippen molar-refractivity contribution in [3.05, 3.63) is 90.1 Å². The Morgan fingerprint density at radius 1 is 0.913 bits per heavy atom. The van der Waals surface area contributed by atoms with Crippen LogP contribution in [-0.2, 0) is 12.3 Å². The number of benzene rings is 2. The molecular weight excluding hydrogens is 284 g/mol. The first-order valence-electron chi connectivity index (χ1n) is 7.82. The summed E-state index contributed by atoms with van der Waals surface area (Å²) in [6.07, 6.45) is 2.01. The van der Waals surface area contributed by atoms with E-state index in [0.29, 0.717) is 6.54 Å². The predicted molar refractivity (Wildman–Crippen MR) is 90.3 cm³/mol. The molecule has 3 aromatic rings. The van der Waals surface area contributed by atoms with Gasteiger partial charge in [0.2, 0.25) is 0 Å². The average molecular weight is 303 g/mol. The molecule has 0 radical (unpaired) electrons. The number of anilines is 2. The van der Waals surface area contributed by atoms with Crippen molar-refractivity contribution < 1.29 is 9.67 Å². The molecule has 1 aliphatic rings. The number of pyridine rings is 1. The van der Waals surface area contributed by atoms with Gasteiger partial charge in [-0.15, -0.1) is 0 Å². The summed E-state index contributed by atoms with van der Waals surface area (Å²) in [5.41, 5.74) is 1.97. The normalized spacial score (nSPS) is 19.7. The third-order valence-electron chi connectivity index (χ3n) is 4.43. The topological polar surface area (TPSA) is 27.4 Å². The first kappa shape index (κ1) is 14.0. The van der Waals surface area contributed by atoms with Gasteiger partial charge in [-0.2, -0.15) is 4.90 Å². The van der Waals surface area contributed by atoms with E-state index < -0.39 is 5.72 Å². The van der Waals surface area contributed by atoms with Crippen LogP contribution in [0.3, 0.4) is 0 Å². The molecule has 0 spiro atoms. The van der Waals surface area contributed by atoms with Gasteiger partial charge in [-0.1, -0.05) is 54.1 Å². The van der Waals surface area contributed by atoms with E-state index in [2.05, 4.69) is 11.5 Å². The Hall–Kier alpha value is -2.65. The molecule has 4 rings (SSSR count). The minimum atomic E-state index is -1.09. The van der Waals surface area contributed by atoms with Crippen LogP contribution in [0.2, 0.25) is 0 Å². The number of hydrogen-bond donors (Lipinski definition) is 1. The number of aryl methyl sites for hydroxylation is 1. The van der Waals surface area contributed by atoms with E-state index in [9.17, 15) is 5.11 Å². The average Bonchev–Trinajstić information content (AvgIpc) is 2.89. The summed E-state index contributed by atoms with van der Waals surface area (Å²) in [7, 11) is 0. The summed E-state index contributed by atoms with van der Waals surface area (Å²) in [6, 6.07) is 24.2. The minimum absolute atomic E-state index is 0.501. The van der Waals surface area contributed by atoms with Crippen molar-refractivity contribution >= 4 is 11.5 Å². The Morgan fingerprint density at radius 3 is 2.35 bits per heavy atom. The molecule has 3 nitrogen and oxygen atoms in total. The fraction of sp³-hybridized carbons (Fsp3) is 0.150. The van der Waals surface area contributed by atoms with E-state index in [1.54, 1.807) is 0 Å². The number of nitrogens with zero attached hydrogens (tertiary/aromatic N) is 2. The fourth-order valence-corrected chi connectivity index (χ4v) is 3.27. The predicted octanol–water partition coefficient (Wildman–Crippen LogP) is 3.28. The van der Waals surface area contributed by atoms with Gasteiger partial charge in [0.1, 0.15) is 5.69 Å². The SMILES string of the molecule is Cc1ccc(C2(O)C[n+]3ccccc3N2c2ccccc2)cc1. The molecule has 1 N–H and O–H groups in total. The van der Waals surface area contributed by atoms with E-state index in [0.717, 1.165) is 17.1 Å². The maximum Gasteiger partial charge on any atom is 0.284 e. The van der Waals surface area contributed by atoms with Gasteiger partial charge in [0.15, 0.2) is 6.54 Å². The molecule has 0 saturated carbocycles. The number of fused-ring (bicyclic) bond motifs is 1. The van der Waals surface area contributed by atoms with Crippen LogP contribution in [0.5, 0.6) is 0 Å². The smallest absolute Gasteiger partial charge is 0.284 e.